The van der Waals surface area contributed by atoms with Gasteiger partial charge >= 0.3 is 19.8 Å². The topological polar surface area (TPSA) is 134 Å². The summed E-state index contributed by atoms with van der Waals surface area (Å²) in [6.45, 7) is 3.66. The lowest BCUT2D eigenvalue weighted by atomic mass is 10.1. The van der Waals surface area contributed by atoms with Crippen molar-refractivity contribution in [3.05, 3.63) is 12.2 Å². The molecule has 3 N–H and O–H groups in total. The zero-order chi connectivity index (χ0) is 31.9. The number of phosphoric ester groups is 1. The summed E-state index contributed by atoms with van der Waals surface area (Å²) in [5.41, 5.74) is 5.31. The van der Waals surface area contributed by atoms with Crippen molar-refractivity contribution in [2.75, 3.05) is 26.4 Å². The van der Waals surface area contributed by atoms with Gasteiger partial charge in [-0.1, -0.05) is 116 Å². The van der Waals surface area contributed by atoms with Crippen LogP contribution >= 0.6 is 7.82 Å². The van der Waals surface area contributed by atoms with Gasteiger partial charge in [0.05, 0.1) is 13.2 Å². The molecule has 254 valence electrons. The summed E-state index contributed by atoms with van der Waals surface area (Å²) in [6, 6.07) is 0. The smallest absolute Gasteiger partial charge is 0.462 e. The summed E-state index contributed by atoms with van der Waals surface area (Å²) in [6.07, 6.45) is 26.7. The van der Waals surface area contributed by atoms with Gasteiger partial charge in [-0.3, -0.25) is 18.6 Å². The highest BCUT2D eigenvalue weighted by molar-refractivity contribution is 7.47. The van der Waals surface area contributed by atoms with Crippen LogP contribution in [0.4, 0.5) is 0 Å². The number of nitrogens with two attached hydrogens (primary N) is 1. The number of ether oxygens (including phenoxy) is 2. The van der Waals surface area contributed by atoms with Gasteiger partial charge in [-0.05, 0) is 38.5 Å². The van der Waals surface area contributed by atoms with E-state index in [0.29, 0.717) is 6.42 Å². The van der Waals surface area contributed by atoms with Crippen molar-refractivity contribution in [2.24, 2.45) is 5.73 Å². The number of esters is 2. The Morgan fingerprint density at radius 1 is 0.674 bits per heavy atom. The van der Waals surface area contributed by atoms with Crippen LogP contribution in [0.5, 0.6) is 0 Å². The van der Waals surface area contributed by atoms with Gasteiger partial charge in [-0.2, -0.15) is 0 Å². The summed E-state index contributed by atoms with van der Waals surface area (Å²) in [7, 11) is -4.36. The summed E-state index contributed by atoms with van der Waals surface area (Å²) in [5.74, 6) is -0.840. The fourth-order valence-corrected chi connectivity index (χ4v) is 5.33. The molecular formula is C33H64NO8P. The first-order valence-electron chi connectivity index (χ1n) is 17.2. The molecule has 0 aliphatic rings. The Morgan fingerprint density at radius 3 is 1.70 bits per heavy atom. The first kappa shape index (κ1) is 41.8. The molecular weight excluding hydrogens is 569 g/mol. The van der Waals surface area contributed by atoms with Crippen LogP contribution < -0.4 is 5.73 Å². The molecule has 0 aliphatic heterocycles. The van der Waals surface area contributed by atoms with Gasteiger partial charge in [0.25, 0.3) is 0 Å². The molecule has 0 spiro atoms. The molecule has 2 atom stereocenters. The maximum absolute atomic E-state index is 12.4. The highest BCUT2D eigenvalue weighted by atomic mass is 31.2. The van der Waals surface area contributed by atoms with E-state index in [9.17, 15) is 19.0 Å². The van der Waals surface area contributed by atoms with E-state index in [4.69, 9.17) is 24.3 Å². The van der Waals surface area contributed by atoms with Gasteiger partial charge in [0.2, 0.25) is 0 Å². The Morgan fingerprint density at radius 2 is 1.14 bits per heavy atom. The van der Waals surface area contributed by atoms with Crippen molar-refractivity contribution in [2.45, 2.75) is 161 Å². The minimum absolute atomic E-state index is 0.0545. The minimum atomic E-state index is -4.36. The molecule has 0 radical (unpaired) electrons. The number of carbonyl (C=O) groups excluding carboxylic acids is 2. The number of hydrogen-bond donors (Lipinski definition) is 2. The molecule has 43 heavy (non-hydrogen) atoms. The normalized spacial score (nSPS) is 13.7. The summed E-state index contributed by atoms with van der Waals surface area (Å²) in [5, 5.41) is 0. The van der Waals surface area contributed by atoms with Crippen LogP contribution in [0.1, 0.15) is 155 Å². The molecule has 0 saturated heterocycles. The van der Waals surface area contributed by atoms with Crippen LogP contribution in [-0.2, 0) is 32.7 Å². The van der Waals surface area contributed by atoms with E-state index in [1.54, 1.807) is 0 Å². The quantitative estimate of drug-likeness (QED) is 0.0323. The Labute approximate surface area is 262 Å². The Balaban J connectivity index is 4.28. The molecule has 0 aromatic heterocycles. The number of carbonyl (C=O) groups is 2. The summed E-state index contributed by atoms with van der Waals surface area (Å²) in [4.78, 5) is 34.5. The van der Waals surface area contributed by atoms with Gasteiger partial charge in [0.15, 0.2) is 6.10 Å². The highest BCUT2D eigenvalue weighted by Crippen LogP contribution is 2.43. The second-order valence-corrected chi connectivity index (χ2v) is 12.8. The number of phosphoric acid groups is 1. The lowest BCUT2D eigenvalue weighted by Gasteiger charge is -2.19. The largest absolute Gasteiger partial charge is 0.472 e. The Hall–Kier alpha value is -1.25. The summed E-state index contributed by atoms with van der Waals surface area (Å²) < 4.78 is 32.5. The third-order valence-corrected chi connectivity index (χ3v) is 8.14. The van der Waals surface area contributed by atoms with Gasteiger partial charge < -0.3 is 20.1 Å². The Bertz CT molecular complexity index is 734. The molecule has 0 amide bonds. The van der Waals surface area contributed by atoms with Crippen molar-refractivity contribution >= 4 is 19.8 Å². The van der Waals surface area contributed by atoms with Crippen LogP contribution in [0.3, 0.4) is 0 Å². The van der Waals surface area contributed by atoms with E-state index in [-0.39, 0.29) is 32.6 Å². The first-order chi connectivity index (χ1) is 20.8. The van der Waals surface area contributed by atoms with Crippen LogP contribution in [0.15, 0.2) is 12.2 Å². The van der Waals surface area contributed by atoms with Gasteiger partial charge in [0.1, 0.15) is 6.61 Å². The van der Waals surface area contributed by atoms with Crippen molar-refractivity contribution in [3.63, 3.8) is 0 Å². The van der Waals surface area contributed by atoms with E-state index in [0.717, 1.165) is 51.4 Å². The molecule has 0 rings (SSSR count). The number of allylic oxidation sites excluding steroid dienone is 2. The van der Waals surface area contributed by atoms with Crippen molar-refractivity contribution in [1.29, 1.82) is 0 Å². The maximum Gasteiger partial charge on any atom is 0.472 e. The average Bonchev–Trinajstić information content (AvgIpc) is 2.99. The third kappa shape index (κ3) is 30.6. The van der Waals surface area contributed by atoms with Crippen molar-refractivity contribution < 1.29 is 37.6 Å². The van der Waals surface area contributed by atoms with Gasteiger partial charge in [-0.25, -0.2) is 4.57 Å². The van der Waals surface area contributed by atoms with E-state index in [1.807, 2.05) is 0 Å². The van der Waals surface area contributed by atoms with Crippen LogP contribution in [0.2, 0.25) is 0 Å². The van der Waals surface area contributed by atoms with E-state index in [2.05, 4.69) is 26.0 Å². The molecule has 9 nitrogen and oxygen atoms in total. The van der Waals surface area contributed by atoms with Crippen LogP contribution in [-0.4, -0.2) is 49.3 Å². The van der Waals surface area contributed by atoms with Gasteiger partial charge in [-0.15, -0.1) is 0 Å². The lowest BCUT2D eigenvalue weighted by molar-refractivity contribution is -0.161. The highest BCUT2D eigenvalue weighted by Gasteiger charge is 2.25. The molecule has 0 bridgehead atoms. The van der Waals surface area contributed by atoms with E-state index >= 15 is 0 Å². The molecule has 1 unspecified atom stereocenters. The van der Waals surface area contributed by atoms with E-state index < -0.39 is 32.5 Å². The monoisotopic (exact) mass is 633 g/mol. The standard InChI is InChI=1S/C33H64NO8P/c1-3-5-7-9-11-13-15-16-18-19-21-23-25-32(35)39-29-31(30-41-43(37,38)40-28-27-34)42-33(36)26-24-22-20-17-14-12-10-8-6-4-2/h11,13,31H,3-10,12,14-30,34H2,1-2H3,(H,37,38)/b13-11-/t31-/m1/s1. The SMILES string of the molecule is CCCCC/C=C\CCCCCCCC(=O)OC[C@H](COP(=O)(O)OCCN)OC(=O)CCCCCCCCCCCC. The predicted molar refractivity (Wildman–Crippen MR) is 174 cm³/mol. The predicted octanol–water partition coefficient (Wildman–Crippen LogP) is 8.71. The van der Waals surface area contributed by atoms with E-state index in [1.165, 1.54) is 70.6 Å². The molecule has 0 aliphatic carbocycles. The lowest BCUT2D eigenvalue weighted by Crippen LogP contribution is -2.29. The number of hydrogen-bond acceptors (Lipinski definition) is 8. The maximum atomic E-state index is 12.4. The molecule has 0 heterocycles. The average molecular weight is 634 g/mol. The third-order valence-electron chi connectivity index (χ3n) is 7.15. The molecule has 0 saturated carbocycles. The first-order valence-corrected chi connectivity index (χ1v) is 18.7. The zero-order valence-electron chi connectivity index (χ0n) is 27.4. The fraction of sp³-hybridized carbons (Fsp3) is 0.879. The Kier molecular flexibility index (Phi) is 29.9. The number of unbranched alkanes of at least 4 members (excludes halogenated alkanes) is 17. The second-order valence-electron chi connectivity index (χ2n) is 11.4. The second kappa shape index (κ2) is 30.8. The fourth-order valence-electron chi connectivity index (χ4n) is 4.57. The number of rotatable bonds is 32. The van der Waals surface area contributed by atoms with Gasteiger partial charge in [0, 0.05) is 19.4 Å². The minimum Gasteiger partial charge on any atom is -0.462 e. The van der Waals surface area contributed by atoms with Crippen molar-refractivity contribution in [1.82, 2.24) is 0 Å². The van der Waals surface area contributed by atoms with Crippen molar-refractivity contribution in [3.8, 4) is 0 Å². The molecule has 10 heteroatoms. The molecule has 0 aromatic rings. The van der Waals surface area contributed by atoms with Crippen LogP contribution in [0, 0.1) is 0 Å². The molecule has 0 aromatic carbocycles. The zero-order valence-corrected chi connectivity index (χ0v) is 28.3. The summed E-state index contributed by atoms with van der Waals surface area (Å²) >= 11 is 0. The van der Waals surface area contributed by atoms with Crippen LogP contribution in [0.25, 0.3) is 0 Å². The molecule has 0 fully saturated rings.